The van der Waals surface area contributed by atoms with Gasteiger partial charge in [-0.25, -0.2) is 0 Å². The highest BCUT2D eigenvalue weighted by Gasteiger charge is 2.16. The van der Waals surface area contributed by atoms with Gasteiger partial charge in [0.2, 0.25) is 5.43 Å². The number of benzene rings is 2. The zero-order valence-corrected chi connectivity index (χ0v) is 16.5. The minimum atomic E-state index is -0.720. The van der Waals surface area contributed by atoms with Crippen molar-refractivity contribution in [3.8, 4) is 5.75 Å². The summed E-state index contributed by atoms with van der Waals surface area (Å²) in [6, 6.07) is 11.2. The zero-order chi connectivity index (χ0) is 21.7. The van der Waals surface area contributed by atoms with Gasteiger partial charge in [0.1, 0.15) is 11.3 Å². The maximum atomic E-state index is 12.4. The smallest absolute Gasteiger partial charge is 0.273 e. The van der Waals surface area contributed by atoms with E-state index in [9.17, 15) is 19.2 Å². The van der Waals surface area contributed by atoms with Crippen LogP contribution < -0.4 is 26.3 Å². The summed E-state index contributed by atoms with van der Waals surface area (Å²) < 4.78 is 5.08. The van der Waals surface area contributed by atoms with E-state index < -0.39 is 29.7 Å². The topological polar surface area (TPSA) is 129 Å². The monoisotopic (exact) mass is 428 g/mol. The Morgan fingerprint density at radius 1 is 1.03 bits per heavy atom. The van der Waals surface area contributed by atoms with Gasteiger partial charge in [-0.1, -0.05) is 23.7 Å². The molecule has 30 heavy (non-hydrogen) atoms. The van der Waals surface area contributed by atoms with Crippen LogP contribution in [0.5, 0.6) is 5.75 Å². The van der Waals surface area contributed by atoms with Gasteiger partial charge in [0.25, 0.3) is 17.7 Å². The van der Waals surface area contributed by atoms with E-state index in [0.717, 1.165) is 0 Å². The van der Waals surface area contributed by atoms with Crippen molar-refractivity contribution in [2.75, 3.05) is 13.7 Å². The van der Waals surface area contributed by atoms with Crippen LogP contribution in [-0.2, 0) is 4.79 Å². The molecule has 0 bridgehead atoms. The molecule has 3 aromatic rings. The molecule has 0 atom stereocenters. The van der Waals surface area contributed by atoms with E-state index in [1.807, 2.05) is 0 Å². The maximum absolute atomic E-state index is 12.4. The van der Waals surface area contributed by atoms with Crippen LogP contribution in [0.3, 0.4) is 0 Å². The van der Waals surface area contributed by atoms with Crippen molar-refractivity contribution < 1.29 is 19.1 Å². The molecule has 0 saturated heterocycles. The van der Waals surface area contributed by atoms with Crippen molar-refractivity contribution in [2.24, 2.45) is 0 Å². The van der Waals surface area contributed by atoms with Crippen molar-refractivity contribution >= 4 is 40.2 Å². The van der Waals surface area contributed by atoms with Crippen LogP contribution in [0.1, 0.15) is 20.7 Å². The quantitative estimate of drug-likeness (QED) is 0.456. The molecule has 4 N–H and O–H groups in total. The molecule has 2 aromatic carbocycles. The number of methoxy groups -OCH3 is 1. The molecule has 3 amide bonds. The first-order valence-electron chi connectivity index (χ1n) is 8.72. The van der Waals surface area contributed by atoms with Gasteiger partial charge in [0.15, 0.2) is 0 Å². The lowest BCUT2D eigenvalue weighted by Crippen LogP contribution is -2.46. The van der Waals surface area contributed by atoms with Gasteiger partial charge in [-0.05, 0) is 30.3 Å². The zero-order valence-electron chi connectivity index (χ0n) is 15.7. The highest BCUT2D eigenvalue weighted by Crippen LogP contribution is 2.22. The van der Waals surface area contributed by atoms with Gasteiger partial charge in [-0.2, -0.15) is 0 Å². The molecule has 0 unspecified atom stereocenters. The van der Waals surface area contributed by atoms with E-state index in [1.54, 1.807) is 24.3 Å². The first-order valence-corrected chi connectivity index (χ1v) is 9.10. The van der Waals surface area contributed by atoms with Crippen LogP contribution in [0.4, 0.5) is 0 Å². The molecule has 0 aliphatic carbocycles. The molecule has 10 heteroatoms. The number of carbonyl (C=O) groups is 3. The lowest BCUT2D eigenvalue weighted by atomic mass is 10.1. The first-order chi connectivity index (χ1) is 14.4. The van der Waals surface area contributed by atoms with E-state index in [1.165, 1.54) is 31.5 Å². The Morgan fingerprint density at radius 2 is 1.80 bits per heavy atom. The lowest BCUT2D eigenvalue weighted by molar-refractivity contribution is -0.120. The minimum absolute atomic E-state index is 0.128. The minimum Gasteiger partial charge on any atom is -0.496 e. The van der Waals surface area contributed by atoms with Gasteiger partial charge < -0.3 is 15.0 Å². The average molecular weight is 429 g/mol. The van der Waals surface area contributed by atoms with Crippen molar-refractivity contribution in [1.82, 2.24) is 21.2 Å². The van der Waals surface area contributed by atoms with E-state index in [0.29, 0.717) is 15.9 Å². The van der Waals surface area contributed by atoms with Crippen LogP contribution in [-0.4, -0.2) is 36.4 Å². The fourth-order valence-electron chi connectivity index (χ4n) is 2.68. The highest BCUT2D eigenvalue weighted by atomic mass is 35.5. The third-order valence-corrected chi connectivity index (χ3v) is 4.40. The second-order valence-electron chi connectivity index (χ2n) is 6.11. The number of aromatic nitrogens is 1. The number of fused-ring (bicyclic) bond motifs is 1. The van der Waals surface area contributed by atoms with Crippen LogP contribution in [0.25, 0.3) is 10.9 Å². The first kappa shape index (κ1) is 20.9. The SMILES string of the molecule is COc1cc(Cl)ccc1C(=O)NNC(=O)CNC(=O)c1c[nH]c2ccccc2c1=O. The normalized spacial score (nSPS) is 10.3. The number of amides is 3. The van der Waals surface area contributed by atoms with Crippen LogP contribution in [0.2, 0.25) is 5.02 Å². The summed E-state index contributed by atoms with van der Waals surface area (Å²) in [4.78, 5) is 51.7. The molecule has 3 rings (SSSR count). The summed E-state index contributed by atoms with van der Waals surface area (Å²) in [6.45, 7) is -0.455. The summed E-state index contributed by atoms with van der Waals surface area (Å²) in [5, 5.41) is 3.08. The van der Waals surface area contributed by atoms with E-state index in [2.05, 4.69) is 21.2 Å². The largest absolute Gasteiger partial charge is 0.496 e. The molecule has 0 radical (unpaired) electrons. The average Bonchev–Trinajstić information content (AvgIpc) is 2.76. The number of halogens is 1. The maximum Gasteiger partial charge on any atom is 0.273 e. The van der Waals surface area contributed by atoms with Gasteiger partial charge >= 0.3 is 0 Å². The van der Waals surface area contributed by atoms with Gasteiger partial charge in [-0.3, -0.25) is 30.0 Å². The molecule has 154 valence electrons. The summed E-state index contributed by atoms with van der Waals surface area (Å²) >= 11 is 5.85. The number of nitrogens with one attached hydrogen (secondary N) is 4. The Labute approximate surface area is 175 Å². The number of carbonyl (C=O) groups excluding carboxylic acids is 3. The number of aromatic amines is 1. The van der Waals surface area contributed by atoms with Gasteiger partial charge in [0, 0.05) is 22.1 Å². The predicted molar refractivity (Wildman–Crippen MR) is 111 cm³/mol. The summed E-state index contributed by atoms with van der Waals surface area (Å²) in [5.74, 6) is -1.81. The van der Waals surface area contributed by atoms with Crippen LogP contribution in [0, 0.1) is 0 Å². The van der Waals surface area contributed by atoms with Crippen LogP contribution in [0.15, 0.2) is 53.5 Å². The third kappa shape index (κ3) is 4.58. The van der Waals surface area contributed by atoms with E-state index >= 15 is 0 Å². The van der Waals surface area contributed by atoms with Crippen molar-refractivity contribution in [3.63, 3.8) is 0 Å². The molecular weight excluding hydrogens is 412 g/mol. The summed E-state index contributed by atoms with van der Waals surface area (Å²) in [5.41, 5.74) is 4.56. The number of para-hydroxylation sites is 1. The lowest BCUT2D eigenvalue weighted by Gasteiger charge is -2.11. The van der Waals surface area contributed by atoms with Gasteiger partial charge in [-0.15, -0.1) is 0 Å². The molecule has 1 aromatic heterocycles. The molecule has 0 fully saturated rings. The number of hydrogen-bond acceptors (Lipinski definition) is 5. The highest BCUT2D eigenvalue weighted by molar-refractivity contribution is 6.30. The third-order valence-electron chi connectivity index (χ3n) is 4.17. The fraction of sp³-hybridized carbons (Fsp3) is 0.100. The van der Waals surface area contributed by atoms with Crippen molar-refractivity contribution in [1.29, 1.82) is 0 Å². The Kier molecular flexibility index (Phi) is 6.33. The Morgan fingerprint density at radius 3 is 2.57 bits per heavy atom. The standard InChI is InChI=1S/C20H17ClN4O5/c1-30-16-8-11(21)6-7-13(16)20(29)25-24-17(26)10-23-19(28)14-9-22-15-5-3-2-4-12(15)18(14)27/h2-9H,10H2,1H3,(H,22,27)(H,23,28)(H,24,26)(H,25,29). The Hall–Kier alpha value is -3.85. The molecule has 0 spiro atoms. The molecular formula is C20H17ClN4O5. The predicted octanol–water partition coefficient (Wildman–Crippen LogP) is 1.38. The summed E-state index contributed by atoms with van der Waals surface area (Å²) in [6.07, 6.45) is 1.28. The molecule has 0 aliphatic heterocycles. The fourth-order valence-corrected chi connectivity index (χ4v) is 2.84. The van der Waals surface area contributed by atoms with Crippen LogP contribution >= 0.6 is 11.6 Å². The van der Waals surface area contributed by atoms with Gasteiger partial charge in [0.05, 0.1) is 19.2 Å². The second kappa shape index (κ2) is 9.10. The van der Waals surface area contributed by atoms with E-state index in [4.69, 9.17) is 16.3 Å². The van der Waals surface area contributed by atoms with Crippen molar-refractivity contribution in [3.05, 3.63) is 75.0 Å². The second-order valence-corrected chi connectivity index (χ2v) is 6.54. The molecule has 9 nitrogen and oxygen atoms in total. The Balaban J connectivity index is 1.57. The number of rotatable bonds is 5. The number of pyridine rings is 1. The molecule has 0 saturated carbocycles. The molecule has 0 aliphatic rings. The molecule has 1 heterocycles. The number of ether oxygens (including phenoxy) is 1. The van der Waals surface area contributed by atoms with E-state index in [-0.39, 0.29) is 16.9 Å². The number of H-pyrrole nitrogens is 1. The number of hydrazine groups is 1. The summed E-state index contributed by atoms with van der Waals surface area (Å²) in [7, 11) is 1.38. The Bertz CT molecular complexity index is 1190. The number of hydrogen-bond donors (Lipinski definition) is 4. The van der Waals surface area contributed by atoms with Crippen molar-refractivity contribution in [2.45, 2.75) is 0 Å².